The van der Waals surface area contributed by atoms with Crippen LogP contribution in [0, 0.1) is 6.92 Å². The summed E-state index contributed by atoms with van der Waals surface area (Å²) in [4.78, 5) is 34.2. The molecule has 1 aromatic carbocycles. The molecule has 0 radical (unpaired) electrons. The van der Waals surface area contributed by atoms with Crippen molar-refractivity contribution in [1.29, 1.82) is 0 Å². The van der Waals surface area contributed by atoms with Gasteiger partial charge in [-0.3, -0.25) is 14.0 Å². The molecule has 0 aliphatic heterocycles. The topological polar surface area (TPSA) is 70.0 Å². The number of carbonyl (C=O) groups excluding carboxylic acids is 2. The van der Waals surface area contributed by atoms with Gasteiger partial charge in [0, 0.05) is 31.5 Å². The smallest absolute Gasteiger partial charge is 0.294 e. The Morgan fingerprint density at radius 3 is 2.62 bits per heavy atom. The number of nitrogens with one attached hydrogen (secondary N) is 1. The van der Waals surface area contributed by atoms with Crippen LogP contribution in [0.4, 0.5) is 5.69 Å². The van der Waals surface area contributed by atoms with E-state index < -0.39 is 0 Å². The van der Waals surface area contributed by atoms with Gasteiger partial charge in [-0.05, 0) is 57.8 Å². The number of amides is 2. The van der Waals surface area contributed by atoms with Crippen LogP contribution in [0.15, 0.2) is 48.7 Å². The number of pyridine rings is 1. The first-order chi connectivity index (χ1) is 13.9. The molecule has 2 aromatic heterocycles. The minimum Gasteiger partial charge on any atom is -0.349 e. The Kier molecular flexibility index (Phi) is 6.29. The zero-order valence-electron chi connectivity index (χ0n) is 17.3. The molecule has 7 heteroatoms. The number of aromatic nitrogens is 2. The molecule has 3 aromatic rings. The molecule has 2 heterocycles. The molecule has 0 atom stereocenters. The van der Waals surface area contributed by atoms with Gasteiger partial charge in [0.05, 0.1) is 5.52 Å². The van der Waals surface area contributed by atoms with Crippen molar-refractivity contribution in [2.45, 2.75) is 13.8 Å². The van der Waals surface area contributed by atoms with E-state index in [1.165, 1.54) is 0 Å². The van der Waals surface area contributed by atoms with Gasteiger partial charge in [-0.1, -0.05) is 18.2 Å². The molecule has 152 valence electrons. The van der Waals surface area contributed by atoms with Gasteiger partial charge < -0.3 is 15.1 Å². The first-order valence-electron chi connectivity index (χ1n) is 9.71. The zero-order chi connectivity index (χ0) is 21.0. The number of likely N-dealkylation sites (N-methyl/N-ethyl adjacent to an activating group) is 1. The van der Waals surface area contributed by atoms with E-state index >= 15 is 0 Å². The van der Waals surface area contributed by atoms with Gasteiger partial charge in [0.2, 0.25) is 5.82 Å². The second kappa shape index (κ2) is 8.87. The van der Waals surface area contributed by atoms with E-state index in [0.29, 0.717) is 18.6 Å². The summed E-state index contributed by atoms with van der Waals surface area (Å²) in [6, 6.07) is 13.2. The monoisotopic (exact) mass is 393 g/mol. The molecule has 0 saturated heterocycles. The van der Waals surface area contributed by atoms with E-state index in [0.717, 1.165) is 17.8 Å². The van der Waals surface area contributed by atoms with Crippen LogP contribution in [-0.4, -0.2) is 59.8 Å². The SMILES string of the molecule is CCN(C(=O)c1nc(C(=O)NCCN(C)C)c2ccccn12)c1cccc(C)c1. The maximum Gasteiger partial charge on any atom is 0.294 e. The first kappa shape index (κ1) is 20.5. The Morgan fingerprint density at radius 1 is 1.14 bits per heavy atom. The number of benzene rings is 1. The Balaban J connectivity index is 1.97. The Labute approximate surface area is 171 Å². The highest BCUT2D eigenvalue weighted by atomic mass is 16.2. The number of hydrogen-bond donors (Lipinski definition) is 1. The van der Waals surface area contributed by atoms with Gasteiger partial charge in [-0.25, -0.2) is 4.98 Å². The highest BCUT2D eigenvalue weighted by molar-refractivity contribution is 6.07. The van der Waals surface area contributed by atoms with Crippen molar-refractivity contribution in [3.05, 3.63) is 65.7 Å². The fourth-order valence-corrected chi connectivity index (χ4v) is 3.19. The molecular formula is C22H27N5O2. The summed E-state index contributed by atoms with van der Waals surface area (Å²) in [7, 11) is 3.89. The summed E-state index contributed by atoms with van der Waals surface area (Å²) in [5, 5.41) is 2.88. The van der Waals surface area contributed by atoms with Crippen molar-refractivity contribution < 1.29 is 9.59 Å². The third-order valence-electron chi connectivity index (χ3n) is 4.67. The third kappa shape index (κ3) is 4.46. The van der Waals surface area contributed by atoms with Crippen LogP contribution in [0.5, 0.6) is 0 Å². The molecular weight excluding hydrogens is 366 g/mol. The standard InChI is InChI=1S/C22H27N5O2/c1-5-26(17-10-8-9-16(2)15-17)22(29)20-24-19(18-11-6-7-13-27(18)20)21(28)23-12-14-25(3)4/h6-11,13,15H,5,12,14H2,1-4H3,(H,23,28). The van der Waals surface area contributed by atoms with Crippen LogP contribution in [-0.2, 0) is 0 Å². The number of hydrogen-bond acceptors (Lipinski definition) is 4. The number of rotatable bonds is 7. The van der Waals surface area contributed by atoms with Gasteiger partial charge in [0.15, 0.2) is 5.69 Å². The molecule has 0 aliphatic rings. The summed E-state index contributed by atoms with van der Waals surface area (Å²) < 4.78 is 1.68. The predicted molar refractivity (Wildman–Crippen MR) is 115 cm³/mol. The molecule has 0 aliphatic carbocycles. The first-order valence-corrected chi connectivity index (χ1v) is 9.71. The average Bonchev–Trinajstić information content (AvgIpc) is 3.08. The van der Waals surface area contributed by atoms with Gasteiger partial charge >= 0.3 is 0 Å². The van der Waals surface area contributed by atoms with E-state index in [-0.39, 0.29) is 23.3 Å². The molecule has 0 unspecified atom stereocenters. The summed E-state index contributed by atoms with van der Waals surface area (Å²) in [5.41, 5.74) is 2.75. The number of nitrogens with zero attached hydrogens (tertiary/aromatic N) is 4. The maximum absolute atomic E-state index is 13.3. The fourth-order valence-electron chi connectivity index (χ4n) is 3.19. The quantitative estimate of drug-likeness (QED) is 0.670. The third-order valence-corrected chi connectivity index (χ3v) is 4.67. The molecule has 1 N–H and O–H groups in total. The van der Waals surface area contributed by atoms with Gasteiger partial charge in [0.25, 0.3) is 11.8 Å². The highest BCUT2D eigenvalue weighted by Crippen LogP contribution is 2.20. The van der Waals surface area contributed by atoms with Gasteiger partial charge in [-0.15, -0.1) is 0 Å². The lowest BCUT2D eigenvalue weighted by molar-refractivity contribution is 0.0948. The molecule has 7 nitrogen and oxygen atoms in total. The average molecular weight is 393 g/mol. The maximum atomic E-state index is 13.3. The van der Waals surface area contributed by atoms with E-state index in [9.17, 15) is 9.59 Å². The molecule has 3 rings (SSSR count). The molecule has 0 spiro atoms. The van der Waals surface area contributed by atoms with Gasteiger partial charge in [-0.2, -0.15) is 0 Å². The minimum atomic E-state index is -0.284. The fraction of sp³-hybridized carbons (Fsp3) is 0.318. The highest BCUT2D eigenvalue weighted by Gasteiger charge is 2.25. The number of fused-ring (bicyclic) bond motifs is 1. The summed E-state index contributed by atoms with van der Waals surface area (Å²) >= 11 is 0. The summed E-state index contributed by atoms with van der Waals surface area (Å²) in [6.45, 7) is 5.63. The predicted octanol–water partition coefficient (Wildman–Crippen LogP) is 2.60. The van der Waals surface area contributed by atoms with Crippen molar-refractivity contribution >= 4 is 23.0 Å². The normalized spacial score (nSPS) is 11.1. The van der Waals surface area contributed by atoms with E-state index in [1.807, 2.05) is 69.2 Å². The molecule has 0 bridgehead atoms. The van der Waals surface area contributed by atoms with E-state index in [2.05, 4.69) is 10.3 Å². The molecule has 0 saturated carbocycles. The lowest BCUT2D eigenvalue weighted by atomic mass is 10.2. The largest absolute Gasteiger partial charge is 0.349 e. The number of imidazole rings is 1. The lowest BCUT2D eigenvalue weighted by Gasteiger charge is -2.20. The lowest BCUT2D eigenvalue weighted by Crippen LogP contribution is -2.33. The van der Waals surface area contributed by atoms with Crippen LogP contribution in [0.1, 0.15) is 33.6 Å². The van der Waals surface area contributed by atoms with Crippen LogP contribution in [0.3, 0.4) is 0 Å². The van der Waals surface area contributed by atoms with Crippen molar-refractivity contribution in [2.24, 2.45) is 0 Å². The van der Waals surface area contributed by atoms with Crippen LogP contribution in [0.25, 0.3) is 5.52 Å². The second-order valence-electron chi connectivity index (χ2n) is 7.19. The Bertz CT molecular complexity index is 1020. The zero-order valence-corrected chi connectivity index (χ0v) is 17.3. The van der Waals surface area contributed by atoms with E-state index in [1.54, 1.807) is 21.6 Å². The van der Waals surface area contributed by atoms with Gasteiger partial charge in [0.1, 0.15) is 0 Å². The van der Waals surface area contributed by atoms with E-state index in [4.69, 9.17) is 0 Å². The Hall–Kier alpha value is -3.19. The molecule has 2 amide bonds. The van der Waals surface area contributed by atoms with Crippen molar-refractivity contribution in [3.8, 4) is 0 Å². The number of anilines is 1. The summed E-state index contributed by atoms with van der Waals surface area (Å²) in [6.07, 6.45) is 1.76. The van der Waals surface area contributed by atoms with Crippen LogP contribution < -0.4 is 10.2 Å². The Morgan fingerprint density at radius 2 is 1.93 bits per heavy atom. The number of carbonyl (C=O) groups is 2. The van der Waals surface area contributed by atoms with Crippen molar-refractivity contribution in [1.82, 2.24) is 19.6 Å². The van der Waals surface area contributed by atoms with Crippen molar-refractivity contribution in [3.63, 3.8) is 0 Å². The van der Waals surface area contributed by atoms with Crippen LogP contribution >= 0.6 is 0 Å². The second-order valence-corrected chi connectivity index (χ2v) is 7.19. The van der Waals surface area contributed by atoms with Crippen LogP contribution in [0.2, 0.25) is 0 Å². The van der Waals surface area contributed by atoms with Crippen molar-refractivity contribution in [2.75, 3.05) is 38.6 Å². The number of aryl methyl sites for hydroxylation is 1. The summed E-state index contributed by atoms with van der Waals surface area (Å²) in [5.74, 6) is -0.304. The molecule has 29 heavy (non-hydrogen) atoms. The molecule has 0 fully saturated rings. The minimum absolute atomic E-state index is 0.224.